The van der Waals surface area contributed by atoms with Crippen molar-refractivity contribution in [3.63, 3.8) is 0 Å². The Kier molecular flexibility index (Phi) is 4.26. The lowest BCUT2D eigenvalue weighted by Gasteiger charge is -2.36. The van der Waals surface area contributed by atoms with Gasteiger partial charge in [-0.1, -0.05) is 0 Å². The van der Waals surface area contributed by atoms with Gasteiger partial charge in [-0.05, 0) is 24.7 Å². The van der Waals surface area contributed by atoms with E-state index in [0.717, 1.165) is 12.8 Å². The van der Waals surface area contributed by atoms with Gasteiger partial charge in [0.15, 0.2) is 0 Å². The van der Waals surface area contributed by atoms with Gasteiger partial charge in [-0.3, -0.25) is 14.9 Å². The number of hydrogen-bond acceptors (Lipinski definition) is 5. The summed E-state index contributed by atoms with van der Waals surface area (Å²) in [4.78, 5) is 22.1. The zero-order valence-electron chi connectivity index (χ0n) is 10.4. The van der Waals surface area contributed by atoms with Crippen molar-refractivity contribution in [2.75, 3.05) is 19.0 Å². The second-order valence-corrected chi connectivity index (χ2v) is 5.17. The van der Waals surface area contributed by atoms with Crippen LogP contribution in [0.5, 0.6) is 0 Å². The molecule has 0 aromatic carbocycles. The third-order valence-electron chi connectivity index (χ3n) is 3.59. The topological polar surface area (TPSA) is 74.4 Å². The predicted octanol–water partition coefficient (Wildman–Crippen LogP) is 1.48. The first kappa shape index (κ1) is 14.1. The smallest absolute Gasteiger partial charge is 0.334 e. The Morgan fingerprint density at radius 3 is 2.74 bits per heavy atom. The van der Waals surface area contributed by atoms with E-state index in [-0.39, 0.29) is 11.1 Å². The maximum atomic E-state index is 12.0. The third-order valence-corrected chi connectivity index (χ3v) is 4.26. The number of pyridine rings is 1. The molecule has 19 heavy (non-hydrogen) atoms. The van der Waals surface area contributed by atoms with Crippen molar-refractivity contribution >= 4 is 18.3 Å². The maximum Gasteiger partial charge on any atom is 0.334 e. The van der Waals surface area contributed by atoms with E-state index in [1.54, 1.807) is 6.20 Å². The number of ether oxygens (including phenoxy) is 1. The first-order chi connectivity index (χ1) is 9.08. The average Bonchev–Trinajstić information content (AvgIpc) is 2.42. The Morgan fingerprint density at radius 2 is 2.16 bits per heavy atom. The Balaban J connectivity index is 2.30. The largest absolute Gasteiger partial charge is 0.381 e. The summed E-state index contributed by atoms with van der Waals surface area (Å²) < 4.78 is 6.74. The highest BCUT2D eigenvalue weighted by atomic mass is 32.1. The van der Waals surface area contributed by atoms with Crippen LogP contribution in [0.25, 0.3) is 0 Å². The number of hydrogen-bond donors (Lipinski definition) is 1. The fraction of sp³-hybridized carbons (Fsp3) is 0.583. The minimum Gasteiger partial charge on any atom is -0.381 e. The van der Waals surface area contributed by atoms with Crippen LogP contribution in [0.4, 0.5) is 5.69 Å². The molecule has 2 heterocycles. The van der Waals surface area contributed by atoms with Gasteiger partial charge in [-0.25, -0.2) is 0 Å². The fourth-order valence-electron chi connectivity index (χ4n) is 2.32. The van der Waals surface area contributed by atoms with E-state index < -0.39 is 10.5 Å². The quantitative estimate of drug-likeness (QED) is 0.516. The number of rotatable bonds is 4. The molecule has 0 N–H and O–H groups in total. The van der Waals surface area contributed by atoms with Gasteiger partial charge in [0, 0.05) is 37.4 Å². The van der Waals surface area contributed by atoms with Crippen molar-refractivity contribution in [2.45, 2.75) is 19.4 Å². The van der Waals surface area contributed by atoms with Gasteiger partial charge >= 0.3 is 11.2 Å². The van der Waals surface area contributed by atoms with E-state index in [9.17, 15) is 14.9 Å². The molecule has 0 saturated carbocycles. The lowest BCUT2D eigenvalue weighted by Crippen LogP contribution is -2.38. The van der Waals surface area contributed by atoms with E-state index in [0.29, 0.717) is 25.5 Å². The summed E-state index contributed by atoms with van der Waals surface area (Å²) in [6, 6.07) is 2.77. The average molecular weight is 284 g/mol. The molecule has 0 radical (unpaired) electrons. The summed E-state index contributed by atoms with van der Waals surface area (Å²) in [5.74, 6) is 0.630. The van der Waals surface area contributed by atoms with E-state index in [1.165, 1.54) is 16.7 Å². The Labute approximate surface area is 115 Å². The second-order valence-electron chi connectivity index (χ2n) is 4.85. The molecule has 1 fully saturated rings. The van der Waals surface area contributed by atoms with Crippen LogP contribution in [0.1, 0.15) is 12.8 Å². The summed E-state index contributed by atoms with van der Waals surface area (Å²) in [5.41, 5.74) is -1.07. The third kappa shape index (κ3) is 2.98. The highest BCUT2D eigenvalue weighted by Crippen LogP contribution is 2.33. The van der Waals surface area contributed by atoms with E-state index in [2.05, 4.69) is 12.6 Å². The number of nitrogens with zero attached hydrogens (tertiary/aromatic N) is 2. The van der Waals surface area contributed by atoms with Crippen LogP contribution in [0.2, 0.25) is 0 Å². The van der Waals surface area contributed by atoms with Crippen molar-refractivity contribution in [3.05, 3.63) is 38.8 Å². The Bertz CT molecular complexity index is 523. The molecule has 1 saturated heterocycles. The second kappa shape index (κ2) is 5.75. The van der Waals surface area contributed by atoms with Crippen molar-refractivity contribution < 1.29 is 9.66 Å². The molecule has 2 rings (SSSR count). The van der Waals surface area contributed by atoms with Crippen LogP contribution in [0.3, 0.4) is 0 Å². The molecule has 0 unspecified atom stereocenters. The van der Waals surface area contributed by atoms with Crippen molar-refractivity contribution in [1.82, 2.24) is 4.57 Å². The molecule has 1 aromatic rings. The van der Waals surface area contributed by atoms with Crippen LogP contribution in [0.15, 0.2) is 23.1 Å². The number of nitro groups is 1. The predicted molar refractivity (Wildman–Crippen MR) is 73.7 cm³/mol. The SMILES string of the molecule is O=c1c([N+](=O)[O-])cccn1CC1(CS)CCOCC1. The molecule has 104 valence electrons. The molecular formula is C12H16N2O4S. The van der Waals surface area contributed by atoms with Crippen LogP contribution in [-0.4, -0.2) is 28.5 Å². The number of thiol groups is 1. The number of aromatic nitrogens is 1. The van der Waals surface area contributed by atoms with Crippen LogP contribution < -0.4 is 5.56 Å². The molecule has 0 amide bonds. The summed E-state index contributed by atoms with van der Waals surface area (Å²) >= 11 is 4.38. The molecule has 0 atom stereocenters. The molecule has 1 aliphatic rings. The normalized spacial score (nSPS) is 18.2. The van der Waals surface area contributed by atoms with Crippen LogP contribution in [0, 0.1) is 15.5 Å². The minimum atomic E-state index is -0.643. The van der Waals surface area contributed by atoms with Gasteiger partial charge < -0.3 is 9.30 Å². The van der Waals surface area contributed by atoms with Gasteiger partial charge in [-0.15, -0.1) is 0 Å². The first-order valence-electron chi connectivity index (χ1n) is 6.10. The molecule has 7 heteroatoms. The Hall–Kier alpha value is -1.34. The minimum absolute atomic E-state index is 0.125. The summed E-state index contributed by atoms with van der Waals surface area (Å²) in [6.45, 7) is 1.73. The standard InChI is InChI=1S/C12H16N2O4S/c15-11-10(14(16)17)2-1-5-13(11)8-12(9-19)3-6-18-7-4-12/h1-2,5,19H,3-4,6-9H2. The molecule has 0 bridgehead atoms. The highest BCUT2D eigenvalue weighted by Gasteiger charge is 2.32. The van der Waals surface area contributed by atoms with Crippen molar-refractivity contribution in [3.8, 4) is 0 Å². The zero-order chi connectivity index (χ0) is 13.9. The van der Waals surface area contributed by atoms with Crippen molar-refractivity contribution in [2.24, 2.45) is 5.41 Å². The van der Waals surface area contributed by atoms with Gasteiger partial charge in [-0.2, -0.15) is 12.6 Å². The lowest BCUT2D eigenvalue weighted by atomic mass is 9.82. The molecule has 1 aliphatic heterocycles. The highest BCUT2D eigenvalue weighted by molar-refractivity contribution is 7.80. The van der Waals surface area contributed by atoms with E-state index in [4.69, 9.17) is 4.74 Å². The first-order valence-corrected chi connectivity index (χ1v) is 6.74. The van der Waals surface area contributed by atoms with Crippen molar-refractivity contribution in [1.29, 1.82) is 0 Å². The molecule has 0 spiro atoms. The van der Waals surface area contributed by atoms with E-state index in [1.807, 2.05) is 0 Å². The molecule has 1 aromatic heterocycles. The lowest BCUT2D eigenvalue weighted by molar-refractivity contribution is -0.386. The fourth-order valence-corrected chi connectivity index (χ4v) is 2.74. The summed E-state index contributed by atoms with van der Waals surface area (Å²) in [5, 5.41) is 10.8. The van der Waals surface area contributed by atoms with Gasteiger partial charge in [0.25, 0.3) is 0 Å². The van der Waals surface area contributed by atoms with Gasteiger partial charge in [0.1, 0.15) is 0 Å². The molecule has 6 nitrogen and oxygen atoms in total. The van der Waals surface area contributed by atoms with Gasteiger partial charge in [0.05, 0.1) is 4.92 Å². The van der Waals surface area contributed by atoms with Gasteiger partial charge in [0.2, 0.25) is 0 Å². The molecular weight excluding hydrogens is 268 g/mol. The monoisotopic (exact) mass is 284 g/mol. The maximum absolute atomic E-state index is 12.0. The summed E-state index contributed by atoms with van der Waals surface area (Å²) in [7, 11) is 0. The van der Waals surface area contributed by atoms with Crippen LogP contribution >= 0.6 is 12.6 Å². The van der Waals surface area contributed by atoms with E-state index >= 15 is 0 Å². The summed E-state index contributed by atoms with van der Waals surface area (Å²) in [6.07, 6.45) is 3.22. The zero-order valence-corrected chi connectivity index (χ0v) is 11.3. The van der Waals surface area contributed by atoms with Crippen LogP contribution in [-0.2, 0) is 11.3 Å². The molecule has 0 aliphatic carbocycles. The Morgan fingerprint density at radius 1 is 1.47 bits per heavy atom.